The van der Waals surface area contributed by atoms with E-state index < -0.39 is 0 Å². The number of rotatable bonds is 4. The average Bonchev–Trinajstić information content (AvgIpc) is 3.84. The van der Waals surface area contributed by atoms with Crippen molar-refractivity contribution in [2.75, 3.05) is 9.80 Å². The Hall–Kier alpha value is -7.40. The third-order valence-electron chi connectivity index (χ3n) is 17.0. The zero-order chi connectivity index (χ0) is 53.7. The van der Waals surface area contributed by atoms with Crippen LogP contribution in [0.15, 0.2) is 182 Å². The Morgan fingerprint density at radius 1 is 0.351 bits per heavy atom. The number of benzene rings is 10. The van der Waals surface area contributed by atoms with Gasteiger partial charge in [-0.25, -0.2) is 0 Å². The minimum absolute atomic E-state index is 0.0102. The van der Waals surface area contributed by atoms with Gasteiger partial charge in [-0.05, 0) is 176 Å². The summed E-state index contributed by atoms with van der Waals surface area (Å²) in [6.07, 6.45) is 0. The Kier molecular flexibility index (Phi) is 11.1. The molecule has 13 rings (SSSR count). The van der Waals surface area contributed by atoms with Crippen LogP contribution in [-0.2, 0) is 21.7 Å². The molecule has 0 atom stereocenters. The molecule has 77 heavy (non-hydrogen) atoms. The van der Waals surface area contributed by atoms with Crippen molar-refractivity contribution in [3.05, 3.63) is 210 Å². The first-order chi connectivity index (χ1) is 36.6. The fraction of sp³-hybridized carbons (Fsp3) is 0.233. The quantitative estimate of drug-likeness (QED) is 0.128. The molecule has 0 unspecified atom stereocenters. The first-order valence-electron chi connectivity index (χ1n) is 27.8. The van der Waals surface area contributed by atoms with Crippen LogP contribution < -0.4 is 25.5 Å². The summed E-state index contributed by atoms with van der Waals surface area (Å²) >= 11 is 1.98. The molecule has 1 aromatic heterocycles. The molecular weight excluding hydrogens is 948 g/mol. The molecule has 2 nitrogen and oxygen atoms in total. The van der Waals surface area contributed by atoms with Crippen LogP contribution in [0, 0.1) is 6.92 Å². The van der Waals surface area contributed by atoms with Crippen LogP contribution in [0.4, 0.5) is 34.1 Å². The number of thiophene rings is 1. The topological polar surface area (TPSA) is 6.48 Å². The van der Waals surface area contributed by atoms with E-state index in [-0.39, 0.29) is 28.4 Å². The van der Waals surface area contributed by atoms with Crippen molar-refractivity contribution in [2.24, 2.45) is 0 Å². The molecule has 2 aliphatic rings. The van der Waals surface area contributed by atoms with Crippen molar-refractivity contribution in [2.45, 2.75) is 112 Å². The number of nitrogens with zero attached hydrogens (tertiary/aromatic N) is 2. The summed E-state index contributed by atoms with van der Waals surface area (Å²) in [5, 5.41) is 9.06. The summed E-state index contributed by atoms with van der Waals surface area (Å²) in [5.74, 6) is 0. The highest BCUT2D eigenvalue weighted by atomic mass is 32.1. The van der Waals surface area contributed by atoms with Gasteiger partial charge in [0.1, 0.15) is 0 Å². The van der Waals surface area contributed by atoms with Crippen molar-refractivity contribution in [1.82, 2.24) is 0 Å². The molecule has 0 saturated heterocycles. The van der Waals surface area contributed by atoms with Gasteiger partial charge in [0.15, 0.2) is 0 Å². The number of anilines is 6. The summed E-state index contributed by atoms with van der Waals surface area (Å²) in [7, 11) is 0. The van der Waals surface area contributed by atoms with Crippen LogP contribution in [0.5, 0.6) is 0 Å². The third-order valence-corrected chi connectivity index (χ3v) is 18.2. The number of hydrogen-bond donors (Lipinski definition) is 0. The van der Waals surface area contributed by atoms with E-state index in [1.807, 2.05) is 11.3 Å². The fourth-order valence-corrected chi connectivity index (χ4v) is 13.8. The van der Waals surface area contributed by atoms with E-state index in [9.17, 15) is 0 Å². The standard InChI is InChI=1S/C73H69BN2S/c1-44-25-26-47(45-27-34-58-56-21-15-14-19-54(56)55-20-16-17-22-57(55)59(58)39-45)41-65(44)76-62-35-28-46(48-37-51(72(8,9)10)42-52(38-48)73(11,12)13)40-61(62)74-67-63(23-18-24-64(67)76)75(53-32-29-49(30-33-53)70(2,3)4)68-60-43-50(71(5,6)7)31-36-66(60)77-69(68)74/h14-43H,1-13H3. The van der Waals surface area contributed by atoms with E-state index in [0.717, 1.165) is 0 Å². The Balaban J connectivity index is 1.08. The minimum atomic E-state index is -0.0148. The molecule has 0 radical (unpaired) electrons. The Morgan fingerprint density at radius 2 is 0.870 bits per heavy atom. The molecule has 4 heteroatoms. The normalized spacial score (nSPS) is 13.7. The SMILES string of the molecule is Cc1ccc(-c2ccc3c4ccccc4c4ccccc4c3c2)cc1N1c2ccc(-c3cc(C(C)(C)C)cc(C(C)(C)C)c3)cc2B2c3sc4ccc(C(C)(C)C)cc4c3N(c3ccc(C(C)(C)C)cc3)c3cccc1c32. The van der Waals surface area contributed by atoms with Crippen LogP contribution in [-0.4, -0.2) is 6.71 Å². The van der Waals surface area contributed by atoms with Gasteiger partial charge in [-0.15, -0.1) is 11.3 Å². The number of hydrogen-bond acceptors (Lipinski definition) is 3. The van der Waals surface area contributed by atoms with Crippen molar-refractivity contribution < 1.29 is 0 Å². The van der Waals surface area contributed by atoms with E-state index >= 15 is 0 Å². The van der Waals surface area contributed by atoms with E-state index in [4.69, 9.17) is 0 Å². The molecule has 0 aliphatic carbocycles. The molecule has 0 amide bonds. The lowest BCUT2D eigenvalue weighted by Gasteiger charge is -2.43. The lowest BCUT2D eigenvalue weighted by Crippen LogP contribution is -2.60. The first-order valence-corrected chi connectivity index (χ1v) is 28.6. The third kappa shape index (κ3) is 8.04. The van der Waals surface area contributed by atoms with Gasteiger partial charge < -0.3 is 9.80 Å². The van der Waals surface area contributed by atoms with Crippen LogP contribution in [0.2, 0.25) is 0 Å². The molecule has 0 fully saturated rings. The molecule has 0 spiro atoms. The molecule has 380 valence electrons. The van der Waals surface area contributed by atoms with E-state index in [1.54, 1.807) is 0 Å². The highest BCUT2D eigenvalue weighted by molar-refractivity contribution is 7.33. The predicted octanol–water partition coefficient (Wildman–Crippen LogP) is 19.3. The zero-order valence-corrected chi connectivity index (χ0v) is 48.0. The van der Waals surface area contributed by atoms with Crippen molar-refractivity contribution >= 4 is 110 Å². The number of aryl methyl sites for hydroxylation is 1. The smallest absolute Gasteiger partial charge is 0.264 e. The minimum Gasteiger partial charge on any atom is -0.311 e. The van der Waals surface area contributed by atoms with Gasteiger partial charge in [0.25, 0.3) is 6.71 Å². The largest absolute Gasteiger partial charge is 0.311 e. The Bertz CT molecular complexity index is 4150. The van der Waals surface area contributed by atoms with Crippen molar-refractivity contribution in [3.63, 3.8) is 0 Å². The zero-order valence-electron chi connectivity index (χ0n) is 47.2. The summed E-state index contributed by atoms with van der Waals surface area (Å²) in [6.45, 7) is 30.3. The lowest BCUT2D eigenvalue weighted by molar-refractivity contribution is 0.569. The summed E-state index contributed by atoms with van der Waals surface area (Å²) in [5.41, 5.74) is 21.6. The van der Waals surface area contributed by atoms with Crippen molar-refractivity contribution in [1.29, 1.82) is 0 Å². The molecule has 2 aliphatic heterocycles. The first kappa shape index (κ1) is 49.2. The van der Waals surface area contributed by atoms with Gasteiger partial charge in [-0.1, -0.05) is 210 Å². The second-order valence-electron chi connectivity index (χ2n) is 26.3. The van der Waals surface area contributed by atoms with Gasteiger partial charge >= 0.3 is 0 Å². The Morgan fingerprint density at radius 3 is 1.48 bits per heavy atom. The van der Waals surface area contributed by atoms with Crippen LogP contribution in [0.1, 0.15) is 111 Å². The van der Waals surface area contributed by atoms with Crippen LogP contribution in [0.25, 0.3) is 64.7 Å². The summed E-state index contributed by atoms with van der Waals surface area (Å²) in [4.78, 5) is 5.23. The van der Waals surface area contributed by atoms with Crippen LogP contribution >= 0.6 is 11.3 Å². The molecule has 0 N–H and O–H groups in total. The van der Waals surface area contributed by atoms with E-state index in [1.165, 1.54) is 142 Å². The molecule has 11 aromatic rings. The van der Waals surface area contributed by atoms with Crippen LogP contribution in [0.3, 0.4) is 0 Å². The number of fused-ring (bicyclic) bond motifs is 12. The maximum Gasteiger partial charge on any atom is 0.264 e. The monoisotopic (exact) mass is 1020 g/mol. The van der Waals surface area contributed by atoms with Gasteiger partial charge in [0, 0.05) is 43.3 Å². The van der Waals surface area contributed by atoms with Gasteiger partial charge in [-0.2, -0.15) is 0 Å². The maximum atomic E-state index is 2.62. The maximum absolute atomic E-state index is 2.62. The van der Waals surface area contributed by atoms with Gasteiger partial charge in [0.05, 0.1) is 5.69 Å². The molecule has 0 bridgehead atoms. The lowest BCUT2D eigenvalue weighted by atomic mass is 9.36. The van der Waals surface area contributed by atoms with Gasteiger partial charge in [0.2, 0.25) is 0 Å². The molecule has 10 aromatic carbocycles. The fourth-order valence-electron chi connectivity index (χ4n) is 12.5. The molecule has 3 heterocycles. The predicted molar refractivity (Wildman–Crippen MR) is 339 cm³/mol. The van der Waals surface area contributed by atoms with Crippen molar-refractivity contribution in [3.8, 4) is 22.3 Å². The summed E-state index contributed by atoms with van der Waals surface area (Å²) in [6, 6.07) is 70.6. The highest BCUT2D eigenvalue weighted by Gasteiger charge is 2.46. The summed E-state index contributed by atoms with van der Waals surface area (Å²) < 4.78 is 2.71. The molecular formula is C73H69BN2S. The average molecular weight is 1020 g/mol. The molecule has 0 saturated carbocycles. The van der Waals surface area contributed by atoms with E-state index in [2.05, 4.69) is 282 Å². The highest BCUT2D eigenvalue weighted by Crippen LogP contribution is 2.50. The van der Waals surface area contributed by atoms with E-state index in [0.29, 0.717) is 0 Å². The second-order valence-corrected chi connectivity index (χ2v) is 27.4. The Labute approximate surface area is 461 Å². The van der Waals surface area contributed by atoms with Gasteiger partial charge in [-0.3, -0.25) is 0 Å². The second kappa shape index (κ2) is 17.3.